The average Bonchev–Trinajstić information content (AvgIpc) is 2.38. The molecule has 1 aromatic heterocycles. The van der Waals surface area contributed by atoms with Gasteiger partial charge in [0.15, 0.2) is 0 Å². The molecule has 0 aliphatic heterocycles. The largest absolute Gasteiger partial charge is 0.396 e. The van der Waals surface area contributed by atoms with Crippen molar-refractivity contribution >= 4 is 23.7 Å². The minimum absolute atomic E-state index is 0. The van der Waals surface area contributed by atoms with Crippen LogP contribution < -0.4 is 5.73 Å². The number of thiophene rings is 1. The van der Waals surface area contributed by atoms with Crippen LogP contribution >= 0.6 is 23.7 Å². The quantitative estimate of drug-likeness (QED) is 0.766. The van der Waals surface area contributed by atoms with Crippen molar-refractivity contribution in [2.24, 2.45) is 5.73 Å². The third-order valence-corrected chi connectivity index (χ3v) is 2.35. The zero-order valence-corrected chi connectivity index (χ0v) is 7.70. The van der Waals surface area contributed by atoms with Crippen LogP contribution in [0.3, 0.4) is 0 Å². The third kappa shape index (κ3) is 3.20. The molecule has 3 N–H and O–H groups in total. The Hall–Kier alpha value is -0.0900. The van der Waals surface area contributed by atoms with Gasteiger partial charge in [0.25, 0.3) is 0 Å². The molecule has 0 saturated carbocycles. The van der Waals surface area contributed by atoms with Crippen molar-refractivity contribution in [1.82, 2.24) is 0 Å². The van der Waals surface area contributed by atoms with Gasteiger partial charge in [-0.2, -0.15) is 0 Å². The first-order valence-electron chi connectivity index (χ1n) is 3.24. The summed E-state index contributed by atoms with van der Waals surface area (Å²) >= 11 is 1.63. The van der Waals surface area contributed by atoms with Crippen LogP contribution in [0.4, 0.5) is 0 Å². The SMILES string of the molecule is Cl.N[C@H](CCO)c1cccs1. The van der Waals surface area contributed by atoms with Crippen molar-refractivity contribution in [3.05, 3.63) is 22.4 Å². The maximum atomic E-state index is 8.56. The average molecular weight is 194 g/mol. The van der Waals surface area contributed by atoms with Crippen molar-refractivity contribution in [2.75, 3.05) is 6.61 Å². The molecule has 1 heterocycles. The van der Waals surface area contributed by atoms with Gasteiger partial charge < -0.3 is 10.8 Å². The highest BCUT2D eigenvalue weighted by atomic mass is 35.5. The minimum atomic E-state index is 0. The number of aliphatic hydroxyl groups excluding tert-OH is 1. The van der Waals surface area contributed by atoms with E-state index >= 15 is 0 Å². The first-order chi connectivity index (χ1) is 4.84. The fourth-order valence-corrected chi connectivity index (χ4v) is 1.55. The first-order valence-corrected chi connectivity index (χ1v) is 4.12. The molecule has 0 radical (unpaired) electrons. The third-order valence-electron chi connectivity index (χ3n) is 1.35. The number of nitrogens with two attached hydrogens (primary N) is 1. The van der Waals surface area contributed by atoms with Crippen molar-refractivity contribution in [1.29, 1.82) is 0 Å². The number of hydrogen-bond acceptors (Lipinski definition) is 3. The van der Waals surface area contributed by atoms with Crippen molar-refractivity contribution in [2.45, 2.75) is 12.5 Å². The highest BCUT2D eigenvalue weighted by Gasteiger charge is 2.04. The van der Waals surface area contributed by atoms with E-state index in [-0.39, 0.29) is 25.1 Å². The van der Waals surface area contributed by atoms with Crippen LogP contribution in [-0.4, -0.2) is 11.7 Å². The topological polar surface area (TPSA) is 46.2 Å². The Morgan fingerprint density at radius 3 is 2.82 bits per heavy atom. The number of halogens is 1. The minimum Gasteiger partial charge on any atom is -0.396 e. The van der Waals surface area contributed by atoms with E-state index in [0.717, 1.165) is 4.88 Å². The van der Waals surface area contributed by atoms with E-state index in [1.807, 2.05) is 17.5 Å². The molecule has 1 rings (SSSR count). The summed E-state index contributed by atoms with van der Waals surface area (Å²) in [5, 5.41) is 10.6. The summed E-state index contributed by atoms with van der Waals surface area (Å²) in [6.07, 6.45) is 0.653. The zero-order valence-electron chi connectivity index (χ0n) is 6.06. The summed E-state index contributed by atoms with van der Waals surface area (Å²) in [7, 11) is 0. The van der Waals surface area contributed by atoms with Crippen LogP contribution in [0.1, 0.15) is 17.3 Å². The van der Waals surface area contributed by atoms with E-state index in [2.05, 4.69) is 0 Å². The lowest BCUT2D eigenvalue weighted by Crippen LogP contribution is -2.09. The Labute approximate surface area is 76.5 Å². The van der Waals surface area contributed by atoms with E-state index in [4.69, 9.17) is 10.8 Å². The molecular formula is C7H12ClNOS. The molecule has 1 atom stereocenters. The van der Waals surface area contributed by atoms with E-state index in [1.165, 1.54) is 0 Å². The normalized spacial score (nSPS) is 12.2. The van der Waals surface area contributed by atoms with Crippen LogP contribution in [0, 0.1) is 0 Å². The van der Waals surface area contributed by atoms with Gasteiger partial charge in [-0.25, -0.2) is 0 Å². The fourth-order valence-electron chi connectivity index (χ4n) is 0.784. The van der Waals surface area contributed by atoms with E-state index < -0.39 is 0 Å². The molecule has 0 amide bonds. The van der Waals surface area contributed by atoms with Crippen LogP contribution in [0.5, 0.6) is 0 Å². The van der Waals surface area contributed by atoms with Gasteiger partial charge in [0.1, 0.15) is 0 Å². The Kier molecular flexibility index (Phi) is 5.50. The molecule has 1 aromatic rings. The zero-order chi connectivity index (χ0) is 7.40. The molecule has 0 bridgehead atoms. The van der Waals surface area contributed by atoms with Gasteiger partial charge in [-0.15, -0.1) is 23.7 Å². The fraction of sp³-hybridized carbons (Fsp3) is 0.429. The summed E-state index contributed by atoms with van der Waals surface area (Å²) in [4.78, 5) is 1.15. The molecule has 0 fully saturated rings. The molecule has 0 saturated heterocycles. The lowest BCUT2D eigenvalue weighted by Gasteiger charge is -2.05. The Balaban J connectivity index is 0.000001000. The molecule has 0 aliphatic carbocycles. The second-order valence-corrected chi connectivity index (χ2v) is 3.11. The monoisotopic (exact) mass is 193 g/mol. The Morgan fingerprint density at radius 1 is 1.64 bits per heavy atom. The first kappa shape index (κ1) is 10.9. The molecule has 64 valence electrons. The van der Waals surface area contributed by atoms with Gasteiger partial charge in [-0.05, 0) is 17.9 Å². The van der Waals surface area contributed by atoms with Gasteiger partial charge in [0, 0.05) is 17.5 Å². The van der Waals surface area contributed by atoms with Crippen LogP contribution in [0.15, 0.2) is 17.5 Å². The predicted molar refractivity (Wildman–Crippen MR) is 50.2 cm³/mol. The predicted octanol–water partition coefficient (Wildman–Crippen LogP) is 1.55. The van der Waals surface area contributed by atoms with Crippen LogP contribution in [0.2, 0.25) is 0 Å². The summed E-state index contributed by atoms with van der Waals surface area (Å²) in [5.41, 5.74) is 5.70. The lowest BCUT2D eigenvalue weighted by atomic mass is 10.2. The Bertz CT molecular complexity index is 179. The second kappa shape index (κ2) is 5.55. The molecule has 4 heteroatoms. The summed E-state index contributed by atoms with van der Waals surface area (Å²) < 4.78 is 0. The summed E-state index contributed by atoms with van der Waals surface area (Å²) in [6.45, 7) is 0.166. The molecule has 2 nitrogen and oxygen atoms in total. The maximum Gasteiger partial charge on any atom is 0.0449 e. The maximum absolute atomic E-state index is 8.56. The summed E-state index contributed by atoms with van der Waals surface area (Å²) in [5.74, 6) is 0. The number of rotatable bonds is 3. The molecule has 0 unspecified atom stereocenters. The van der Waals surface area contributed by atoms with Crippen molar-refractivity contribution in [3.8, 4) is 0 Å². The van der Waals surface area contributed by atoms with E-state index in [1.54, 1.807) is 11.3 Å². The smallest absolute Gasteiger partial charge is 0.0449 e. The molecule has 11 heavy (non-hydrogen) atoms. The highest BCUT2D eigenvalue weighted by molar-refractivity contribution is 7.10. The highest BCUT2D eigenvalue weighted by Crippen LogP contribution is 2.18. The van der Waals surface area contributed by atoms with E-state index in [9.17, 15) is 0 Å². The van der Waals surface area contributed by atoms with Gasteiger partial charge in [0.05, 0.1) is 0 Å². The van der Waals surface area contributed by atoms with Gasteiger partial charge >= 0.3 is 0 Å². The Morgan fingerprint density at radius 2 is 2.36 bits per heavy atom. The van der Waals surface area contributed by atoms with Crippen LogP contribution in [-0.2, 0) is 0 Å². The van der Waals surface area contributed by atoms with E-state index in [0.29, 0.717) is 6.42 Å². The molecule has 0 aromatic carbocycles. The molecule has 0 aliphatic rings. The number of aliphatic hydroxyl groups is 1. The van der Waals surface area contributed by atoms with Crippen LogP contribution in [0.25, 0.3) is 0 Å². The molecule has 0 spiro atoms. The van der Waals surface area contributed by atoms with Crippen molar-refractivity contribution in [3.63, 3.8) is 0 Å². The standard InChI is InChI=1S/C7H11NOS.ClH/c8-6(3-4-9)7-2-1-5-10-7;/h1-2,5-6,9H,3-4,8H2;1H/t6-;/m1./s1. The second-order valence-electron chi connectivity index (χ2n) is 2.13. The van der Waals surface area contributed by atoms with Gasteiger partial charge in [-0.1, -0.05) is 6.07 Å². The number of hydrogen-bond donors (Lipinski definition) is 2. The van der Waals surface area contributed by atoms with Gasteiger partial charge in [0.2, 0.25) is 0 Å². The van der Waals surface area contributed by atoms with Crippen molar-refractivity contribution < 1.29 is 5.11 Å². The summed E-state index contributed by atoms with van der Waals surface area (Å²) in [6, 6.07) is 3.98. The van der Waals surface area contributed by atoms with Gasteiger partial charge in [-0.3, -0.25) is 0 Å². The molecular weight excluding hydrogens is 182 g/mol. The lowest BCUT2D eigenvalue weighted by molar-refractivity contribution is 0.277.